The van der Waals surface area contributed by atoms with Gasteiger partial charge in [-0.05, 0) is 30.7 Å². The number of hydrogen-bond donors (Lipinski definition) is 2. The summed E-state index contributed by atoms with van der Waals surface area (Å²) in [7, 11) is 1.80. The van der Waals surface area contributed by atoms with Gasteiger partial charge in [0.1, 0.15) is 11.6 Å². The second-order valence-electron chi connectivity index (χ2n) is 6.83. The van der Waals surface area contributed by atoms with E-state index >= 15 is 0 Å². The SMILES string of the molecule is CN(CCCNC(=O)Cc1csc(NC(=O)c2ccccc2F)n1)c1ccccc1F. The van der Waals surface area contributed by atoms with Gasteiger partial charge >= 0.3 is 0 Å². The zero-order chi connectivity index (χ0) is 22.2. The summed E-state index contributed by atoms with van der Waals surface area (Å²) in [4.78, 5) is 30.3. The number of halogens is 2. The Morgan fingerprint density at radius 1 is 1.06 bits per heavy atom. The van der Waals surface area contributed by atoms with Crippen molar-refractivity contribution in [1.82, 2.24) is 10.3 Å². The molecule has 162 valence electrons. The van der Waals surface area contributed by atoms with Gasteiger partial charge in [-0.2, -0.15) is 0 Å². The summed E-state index contributed by atoms with van der Waals surface area (Å²) < 4.78 is 27.4. The minimum absolute atomic E-state index is 0.0647. The van der Waals surface area contributed by atoms with Crippen LogP contribution in [0.5, 0.6) is 0 Å². The highest BCUT2D eigenvalue weighted by molar-refractivity contribution is 7.14. The maximum atomic E-state index is 13.8. The fourth-order valence-electron chi connectivity index (χ4n) is 2.91. The molecule has 0 fully saturated rings. The predicted molar refractivity (Wildman–Crippen MR) is 117 cm³/mol. The van der Waals surface area contributed by atoms with Crippen LogP contribution in [0.2, 0.25) is 0 Å². The Hall–Kier alpha value is -3.33. The van der Waals surface area contributed by atoms with Crippen molar-refractivity contribution >= 4 is 34.0 Å². The summed E-state index contributed by atoms with van der Waals surface area (Å²) in [5.41, 5.74) is 0.952. The van der Waals surface area contributed by atoms with Crippen LogP contribution in [0.1, 0.15) is 22.5 Å². The fraction of sp³-hybridized carbons (Fsp3) is 0.227. The monoisotopic (exact) mass is 444 g/mol. The molecule has 0 unspecified atom stereocenters. The molecule has 3 rings (SSSR count). The van der Waals surface area contributed by atoms with Gasteiger partial charge in [0.05, 0.1) is 23.4 Å². The first-order chi connectivity index (χ1) is 14.9. The normalized spacial score (nSPS) is 10.5. The number of carbonyl (C=O) groups excluding carboxylic acids is 2. The van der Waals surface area contributed by atoms with Crippen LogP contribution in [-0.4, -0.2) is 36.9 Å². The Bertz CT molecular complexity index is 1060. The lowest BCUT2D eigenvalue weighted by molar-refractivity contribution is -0.120. The van der Waals surface area contributed by atoms with Crippen LogP contribution >= 0.6 is 11.3 Å². The molecule has 0 saturated heterocycles. The van der Waals surface area contributed by atoms with Crippen LogP contribution in [-0.2, 0) is 11.2 Å². The number of anilines is 2. The van der Waals surface area contributed by atoms with Crippen LogP contribution in [0.25, 0.3) is 0 Å². The molecule has 0 bridgehead atoms. The zero-order valence-corrected chi connectivity index (χ0v) is 17.7. The molecule has 0 spiro atoms. The van der Waals surface area contributed by atoms with E-state index in [0.717, 1.165) is 11.3 Å². The lowest BCUT2D eigenvalue weighted by Crippen LogP contribution is -2.29. The second kappa shape index (κ2) is 10.6. The molecule has 1 heterocycles. The number of hydrogen-bond acceptors (Lipinski definition) is 5. The van der Waals surface area contributed by atoms with E-state index in [4.69, 9.17) is 0 Å². The van der Waals surface area contributed by atoms with Crippen molar-refractivity contribution < 1.29 is 18.4 Å². The molecule has 1 aromatic heterocycles. The highest BCUT2D eigenvalue weighted by atomic mass is 32.1. The number of benzene rings is 2. The Balaban J connectivity index is 1.41. The highest BCUT2D eigenvalue weighted by Gasteiger charge is 2.14. The zero-order valence-electron chi connectivity index (χ0n) is 16.9. The van der Waals surface area contributed by atoms with E-state index in [1.54, 1.807) is 41.6 Å². The van der Waals surface area contributed by atoms with Crippen molar-refractivity contribution in [2.24, 2.45) is 0 Å². The number of carbonyl (C=O) groups is 2. The second-order valence-corrected chi connectivity index (χ2v) is 7.69. The van der Waals surface area contributed by atoms with Crippen molar-refractivity contribution in [2.75, 3.05) is 30.4 Å². The Kier molecular flexibility index (Phi) is 7.66. The number of nitrogens with zero attached hydrogens (tertiary/aromatic N) is 2. The maximum absolute atomic E-state index is 13.8. The molecule has 0 atom stereocenters. The number of rotatable bonds is 9. The van der Waals surface area contributed by atoms with E-state index in [0.29, 0.717) is 36.0 Å². The van der Waals surface area contributed by atoms with E-state index in [-0.39, 0.29) is 23.7 Å². The predicted octanol–water partition coefficient (Wildman–Crippen LogP) is 3.86. The fourth-order valence-corrected chi connectivity index (χ4v) is 3.61. The van der Waals surface area contributed by atoms with E-state index in [9.17, 15) is 18.4 Å². The molecule has 6 nitrogen and oxygen atoms in total. The molecule has 2 amide bonds. The number of amides is 2. The van der Waals surface area contributed by atoms with Gasteiger partial charge in [-0.1, -0.05) is 24.3 Å². The van der Waals surface area contributed by atoms with Crippen LogP contribution in [0.4, 0.5) is 19.6 Å². The molecular formula is C22H22F2N4O2S. The summed E-state index contributed by atoms with van der Waals surface area (Å²) in [6.45, 7) is 1.03. The van der Waals surface area contributed by atoms with Gasteiger partial charge in [-0.15, -0.1) is 11.3 Å². The molecular weight excluding hydrogens is 422 g/mol. The van der Waals surface area contributed by atoms with Crippen molar-refractivity contribution in [3.05, 3.63) is 76.8 Å². The minimum atomic E-state index is -0.614. The molecule has 0 aliphatic rings. The highest BCUT2D eigenvalue weighted by Crippen LogP contribution is 2.18. The molecule has 0 radical (unpaired) electrons. The molecule has 31 heavy (non-hydrogen) atoms. The first kappa shape index (κ1) is 22.4. The Labute approximate surface area is 182 Å². The molecule has 0 saturated carbocycles. The molecule has 2 N–H and O–H groups in total. The number of para-hydroxylation sites is 1. The summed E-state index contributed by atoms with van der Waals surface area (Å²) in [6, 6.07) is 12.2. The van der Waals surface area contributed by atoms with Crippen LogP contribution < -0.4 is 15.5 Å². The summed E-state index contributed by atoms with van der Waals surface area (Å²) in [6.07, 6.45) is 0.715. The van der Waals surface area contributed by atoms with Crippen LogP contribution in [0, 0.1) is 11.6 Å². The van der Waals surface area contributed by atoms with Gasteiger partial charge in [0.25, 0.3) is 5.91 Å². The number of thiazole rings is 1. The van der Waals surface area contributed by atoms with Gasteiger partial charge in [0.15, 0.2) is 5.13 Å². The average molecular weight is 445 g/mol. The van der Waals surface area contributed by atoms with Crippen molar-refractivity contribution in [3.63, 3.8) is 0 Å². The number of aromatic nitrogens is 1. The quantitative estimate of drug-likeness (QED) is 0.492. The average Bonchev–Trinajstić information content (AvgIpc) is 3.18. The Morgan fingerprint density at radius 3 is 2.52 bits per heavy atom. The van der Waals surface area contributed by atoms with Crippen molar-refractivity contribution in [3.8, 4) is 0 Å². The van der Waals surface area contributed by atoms with Crippen LogP contribution in [0.15, 0.2) is 53.9 Å². The van der Waals surface area contributed by atoms with E-state index in [1.807, 2.05) is 0 Å². The minimum Gasteiger partial charge on any atom is -0.372 e. The molecule has 3 aromatic rings. The lowest BCUT2D eigenvalue weighted by atomic mass is 10.2. The van der Waals surface area contributed by atoms with Crippen molar-refractivity contribution in [2.45, 2.75) is 12.8 Å². The third-order valence-corrected chi connectivity index (χ3v) is 5.30. The van der Waals surface area contributed by atoms with Gasteiger partial charge < -0.3 is 10.2 Å². The summed E-state index contributed by atoms with van der Waals surface area (Å²) in [5, 5.41) is 7.31. The molecule has 2 aromatic carbocycles. The number of nitrogens with one attached hydrogen (secondary N) is 2. The van der Waals surface area contributed by atoms with E-state index < -0.39 is 11.7 Å². The van der Waals surface area contributed by atoms with E-state index in [2.05, 4.69) is 15.6 Å². The summed E-state index contributed by atoms with van der Waals surface area (Å²) in [5.74, 6) is -1.69. The summed E-state index contributed by atoms with van der Waals surface area (Å²) >= 11 is 1.16. The van der Waals surface area contributed by atoms with E-state index in [1.165, 1.54) is 24.3 Å². The largest absolute Gasteiger partial charge is 0.372 e. The lowest BCUT2D eigenvalue weighted by Gasteiger charge is -2.19. The first-order valence-corrected chi connectivity index (χ1v) is 10.5. The Morgan fingerprint density at radius 2 is 1.77 bits per heavy atom. The van der Waals surface area contributed by atoms with Gasteiger partial charge in [-0.25, -0.2) is 13.8 Å². The van der Waals surface area contributed by atoms with Crippen molar-refractivity contribution in [1.29, 1.82) is 0 Å². The van der Waals surface area contributed by atoms with Gasteiger partial charge in [-0.3, -0.25) is 14.9 Å². The third-order valence-electron chi connectivity index (χ3n) is 4.49. The first-order valence-electron chi connectivity index (χ1n) is 9.66. The van der Waals surface area contributed by atoms with Crippen LogP contribution in [0.3, 0.4) is 0 Å². The molecule has 0 aliphatic carbocycles. The maximum Gasteiger partial charge on any atom is 0.260 e. The van der Waals surface area contributed by atoms with Gasteiger partial charge in [0.2, 0.25) is 5.91 Å². The molecule has 9 heteroatoms. The van der Waals surface area contributed by atoms with Gasteiger partial charge in [0, 0.05) is 25.5 Å². The standard InChI is InChI=1S/C22H22F2N4O2S/c1-28(19-10-5-4-9-18(19)24)12-6-11-25-20(29)13-15-14-31-22(26-15)27-21(30)16-7-2-3-8-17(16)23/h2-5,7-10,14H,6,11-13H2,1H3,(H,25,29)(H,26,27,30). The molecule has 0 aliphatic heterocycles. The smallest absolute Gasteiger partial charge is 0.260 e. The topological polar surface area (TPSA) is 74.3 Å². The third kappa shape index (κ3) is 6.32.